The molecule has 2 heterocycles. The second-order valence-electron chi connectivity index (χ2n) is 10.5. The van der Waals surface area contributed by atoms with Gasteiger partial charge in [0, 0.05) is 19.2 Å². The van der Waals surface area contributed by atoms with E-state index in [0.717, 1.165) is 36.6 Å². The highest BCUT2D eigenvalue weighted by atomic mass is 32.2. The van der Waals surface area contributed by atoms with E-state index in [-0.39, 0.29) is 18.2 Å². The molecule has 1 aromatic heterocycles. The minimum atomic E-state index is -4.44. The number of carbonyl (C=O) groups is 2. The molecule has 2 amide bonds. The molecule has 0 saturated heterocycles. The number of nitrogens with zero attached hydrogens (tertiary/aromatic N) is 2. The fourth-order valence-electron chi connectivity index (χ4n) is 5.39. The van der Waals surface area contributed by atoms with E-state index >= 15 is 0 Å². The first kappa shape index (κ1) is 26.5. The Labute approximate surface area is 218 Å². The van der Waals surface area contributed by atoms with Crippen molar-refractivity contribution in [2.24, 2.45) is 5.92 Å². The molecule has 1 atom stereocenters. The summed E-state index contributed by atoms with van der Waals surface area (Å²) in [5.41, 5.74) is 2.39. The Bertz CT molecular complexity index is 1380. The summed E-state index contributed by atoms with van der Waals surface area (Å²) < 4.78 is 67.3. The molecule has 0 radical (unpaired) electrons. The summed E-state index contributed by atoms with van der Waals surface area (Å²) in [4.78, 5) is 25.6. The van der Waals surface area contributed by atoms with E-state index in [9.17, 15) is 31.2 Å². The maximum atomic E-state index is 13.5. The number of ether oxygens (including phenoxy) is 1. The Morgan fingerprint density at radius 3 is 2.76 bits per heavy atom. The summed E-state index contributed by atoms with van der Waals surface area (Å²) in [7, 11) is -3.50. The summed E-state index contributed by atoms with van der Waals surface area (Å²) in [6.07, 6.45) is 1.25. The number of carbonyl (C=O) groups excluding carboxylic acids is 2. The van der Waals surface area contributed by atoms with Crippen molar-refractivity contribution in [3.05, 3.63) is 46.3 Å². The summed E-state index contributed by atoms with van der Waals surface area (Å²) in [6.45, 7) is -0.831. The number of benzene rings is 1. The monoisotopic (exact) mass is 554 g/mol. The second-order valence-corrected chi connectivity index (χ2v) is 12.6. The zero-order valence-corrected chi connectivity index (χ0v) is 21.7. The number of halogens is 3. The van der Waals surface area contributed by atoms with Gasteiger partial charge in [0.15, 0.2) is 16.4 Å². The molecule has 2 aliphatic carbocycles. The first-order valence-electron chi connectivity index (χ1n) is 12.5. The van der Waals surface area contributed by atoms with Gasteiger partial charge < -0.3 is 15.4 Å². The van der Waals surface area contributed by atoms with Gasteiger partial charge in [0.05, 0.1) is 29.0 Å². The van der Waals surface area contributed by atoms with Crippen LogP contribution in [-0.2, 0) is 46.1 Å². The van der Waals surface area contributed by atoms with Crippen molar-refractivity contribution in [2.45, 2.75) is 63.3 Å². The van der Waals surface area contributed by atoms with Crippen LogP contribution in [0.4, 0.5) is 13.2 Å². The van der Waals surface area contributed by atoms with Gasteiger partial charge in [0.2, 0.25) is 5.91 Å². The third kappa shape index (κ3) is 5.82. The lowest BCUT2D eigenvalue weighted by atomic mass is 9.82. The van der Waals surface area contributed by atoms with Crippen LogP contribution in [-0.4, -0.2) is 54.8 Å². The van der Waals surface area contributed by atoms with E-state index in [2.05, 4.69) is 10.6 Å². The molecular weight excluding hydrogens is 525 g/mol. The number of sulfone groups is 1. The van der Waals surface area contributed by atoms with Crippen molar-refractivity contribution in [1.29, 1.82) is 0 Å². The molecule has 9 nitrogen and oxygen atoms in total. The average Bonchev–Trinajstić information content (AvgIpc) is 3.49. The third-order valence-corrected chi connectivity index (χ3v) is 8.07. The maximum Gasteiger partial charge on any atom is 0.422 e. The zero-order chi connectivity index (χ0) is 27.3. The quantitative estimate of drug-likeness (QED) is 0.492. The first-order chi connectivity index (χ1) is 17.8. The normalized spacial score (nSPS) is 20.7. The topological polar surface area (TPSA) is 119 Å². The van der Waals surface area contributed by atoms with E-state index in [0.29, 0.717) is 48.7 Å². The van der Waals surface area contributed by atoms with Crippen LogP contribution in [0.2, 0.25) is 0 Å². The van der Waals surface area contributed by atoms with Crippen molar-refractivity contribution in [3.8, 4) is 5.75 Å². The molecule has 1 aromatic carbocycles. The number of aromatic nitrogens is 2. The van der Waals surface area contributed by atoms with Crippen LogP contribution < -0.4 is 15.4 Å². The largest absolute Gasteiger partial charge is 0.484 e. The molecule has 0 bridgehead atoms. The van der Waals surface area contributed by atoms with Gasteiger partial charge in [-0.25, -0.2) is 8.42 Å². The van der Waals surface area contributed by atoms with E-state index < -0.39 is 39.8 Å². The zero-order valence-electron chi connectivity index (χ0n) is 20.9. The molecule has 2 aromatic rings. The van der Waals surface area contributed by atoms with Gasteiger partial charge in [-0.15, -0.1) is 0 Å². The molecule has 1 aliphatic heterocycles. The van der Waals surface area contributed by atoms with Crippen LogP contribution >= 0.6 is 0 Å². The molecule has 1 fully saturated rings. The average molecular weight is 555 g/mol. The summed E-state index contributed by atoms with van der Waals surface area (Å²) >= 11 is 0. The summed E-state index contributed by atoms with van der Waals surface area (Å²) in [6, 6.07) is 4.78. The fourth-order valence-corrected chi connectivity index (χ4v) is 5.97. The van der Waals surface area contributed by atoms with E-state index in [1.807, 2.05) is 0 Å². The van der Waals surface area contributed by atoms with E-state index in [1.54, 1.807) is 16.8 Å². The first-order valence-corrected chi connectivity index (χ1v) is 14.6. The highest BCUT2D eigenvalue weighted by Gasteiger charge is 2.46. The standard InChI is InChI=1S/C25H29F3N4O5S/c1-38(35,36)13-21(33)29-12-20-22-19(31-32(20)9-7-15-2-3-15)11-24(30-23(22)34)8-6-16-10-17(4-5-18(16)24)37-14-25(26,27)28/h4-5,10,15H,2-3,6-9,11-14H2,1H3,(H,29,33)(H,30,34)/t24-/m0/s1. The molecule has 2 N–H and O–H groups in total. The van der Waals surface area contributed by atoms with Crippen LogP contribution in [0.5, 0.6) is 5.75 Å². The highest BCUT2D eigenvalue weighted by molar-refractivity contribution is 7.91. The Kier molecular flexibility index (Phi) is 6.69. The lowest BCUT2D eigenvalue weighted by molar-refractivity contribution is -0.153. The van der Waals surface area contributed by atoms with Crippen molar-refractivity contribution < 1.29 is 35.9 Å². The number of fused-ring (bicyclic) bond motifs is 3. The molecule has 206 valence electrons. The number of nitrogens with one attached hydrogen (secondary N) is 2. The highest BCUT2D eigenvalue weighted by Crippen LogP contribution is 2.44. The van der Waals surface area contributed by atoms with Gasteiger partial charge in [0.25, 0.3) is 5.91 Å². The van der Waals surface area contributed by atoms with Crippen molar-refractivity contribution in [1.82, 2.24) is 20.4 Å². The van der Waals surface area contributed by atoms with Crippen LogP contribution in [0.25, 0.3) is 0 Å². The second kappa shape index (κ2) is 9.58. The van der Waals surface area contributed by atoms with Gasteiger partial charge in [0.1, 0.15) is 11.5 Å². The number of hydrogen-bond donors (Lipinski definition) is 2. The number of aryl methyl sites for hydroxylation is 2. The molecule has 3 aliphatic rings. The minimum Gasteiger partial charge on any atom is -0.484 e. The van der Waals surface area contributed by atoms with Crippen LogP contribution in [0, 0.1) is 5.92 Å². The minimum absolute atomic E-state index is 0.0295. The molecule has 5 rings (SSSR count). The maximum absolute atomic E-state index is 13.5. The SMILES string of the molecule is CS(=O)(=O)CC(=O)NCc1c2c(nn1CCC1CC1)C[C@]1(CCc3cc(OCC(F)(F)F)ccc31)NC2=O. The van der Waals surface area contributed by atoms with Crippen LogP contribution in [0.15, 0.2) is 18.2 Å². The Hall–Kier alpha value is -3.09. The molecule has 13 heteroatoms. The van der Waals surface area contributed by atoms with Gasteiger partial charge in [-0.1, -0.05) is 18.9 Å². The van der Waals surface area contributed by atoms with Gasteiger partial charge >= 0.3 is 6.18 Å². The van der Waals surface area contributed by atoms with Crippen molar-refractivity contribution >= 4 is 21.7 Å². The molecule has 1 spiro atoms. The molecule has 0 unspecified atom stereocenters. The number of hydrogen-bond acceptors (Lipinski definition) is 6. The van der Waals surface area contributed by atoms with Crippen LogP contribution in [0.1, 0.15) is 58.6 Å². The summed E-state index contributed by atoms with van der Waals surface area (Å²) in [5.74, 6) is -0.915. The Morgan fingerprint density at radius 2 is 2.08 bits per heavy atom. The predicted molar refractivity (Wildman–Crippen MR) is 130 cm³/mol. The van der Waals surface area contributed by atoms with Crippen molar-refractivity contribution in [3.63, 3.8) is 0 Å². The number of alkyl halides is 3. The number of amides is 2. The third-order valence-electron chi connectivity index (χ3n) is 7.29. The molecular formula is C25H29F3N4O5S. The lowest BCUT2D eigenvalue weighted by Crippen LogP contribution is -2.50. The van der Waals surface area contributed by atoms with Gasteiger partial charge in [-0.2, -0.15) is 18.3 Å². The Balaban J connectivity index is 1.40. The van der Waals surface area contributed by atoms with E-state index in [4.69, 9.17) is 9.84 Å². The number of rotatable bonds is 9. The van der Waals surface area contributed by atoms with E-state index in [1.165, 1.54) is 6.07 Å². The molecule has 1 saturated carbocycles. The fraction of sp³-hybridized carbons (Fsp3) is 0.560. The summed E-state index contributed by atoms with van der Waals surface area (Å²) in [5, 5.41) is 10.5. The Morgan fingerprint density at radius 1 is 1.32 bits per heavy atom. The van der Waals surface area contributed by atoms with Gasteiger partial charge in [-0.05, 0) is 48.4 Å². The van der Waals surface area contributed by atoms with Crippen LogP contribution in [0.3, 0.4) is 0 Å². The van der Waals surface area contributed by atoms with Gasteiger partial charge in [-0.3, -0.25) is 14.3 Å². The predicted octanol–water partition coefficient (Wildman–Crippen LogP) is 2.41. The smallest absolute Gasteiger partial charge is 0.422 e. The molecule has 38 heavy (non-hydrogen) atoms. The lowest BCUT2D eigenvalue weighted by Gasteiger charge is -2.35. The van der Waals surface area contributed by atoms with Crippen molar-refractivity contribution in [2.75, 3.05) is 18.6 Å².